The van der Waals surface area contributed by atoms with Gasteiger partial charge in [0.25, 0.3) is 5.91 Å². The number of aryl methyl sites for hydroxylation is 1. The lowest BCUT2D eigenvalue weighted by Gasteiger charge is -2.27. The van der Waals surface area contributed by atoms with Crippen LogP contribution in [-0.4, -0.2) is 22.8 Å². The van der Waals surface area contributed by atoms with E-state index in [1.165, 1.54) is 0 Å². The van der Waals surface area contributed by atoms with Crippen molar-refractivity contribution in [2.75, 3.05) is 5.32 Å². The summed E-state index contributed by atoms with van der Waals surface area (Å²) < 4.78 is 1.07. The molecule has 2 N–H and O–H groups in total. The minimum Gasteiger partial charge on any atom is -0.481 e. The molecule has 2 heterocycles. The van der Waals surface area contributed by atoms with Gasteiger partial charge in [-0.25, -0.2) is 0 Å². The Morgan fingerprint density at radius 3 is 2.50 bits per heavy atom. The van der Waals surface area contributed by atoms with Crippen molar-refractivity contribution in [1.82, 2.24) is 0 Å². The molecule has 2 unspecified atom stereocenters. The number of carboxylic acids is 1. The van der Waals surface area contributed by atoms with E-state index in [0.29, 0.717) is 48.4 Å². The summed E-state index contributed by atoms with van der Waals surface area (Å²) in [6.45, 7) is 0. The summed E-state index contributed by atoms with van der Waals surface area (Å²) in [5.41, 5.74) is 1.34. The van der Waals surface area contributed by atoms with Crippen molar-refractivity contribution >= 4 is 67.7 Å². The standard InChI is InChI=1S/C24H24ClNO4S2/c25-14-8-10-15(11-9-14)26-23(28)22-18-12-31-13-21(18)32-20(22)7-3-6-19(27)16-4-1-2-5-17(16)24(29)30/h8-13,16-17H,1-7H2,(H,26,28)(H,29,30). The predicted octanol–water partition coefficient (Wildman–Crippen LogP) is 6.65. The van der Waals surface area contributed by atoms with E-state index in [4.69, 9.17) is 11.6 Å². The number of carboxylic acid groups (broad SMARTS) is 1. The van der Waals surface area contributed by atoms with Crippen LogP contribution < -0.4 is 5.32 Å². The number of hydrogen-bond acceptors (Lipinski definition) is 5. The van der Waals surface area contributed by atoms with Gasteiger partial charge >= 0.3 is 5.97 Å². The molecule has 168 valence electrons. The molecule has 0 bridgehead atoms. The first-order chi connectivity index (χ1) is 15.4. The maximum absolute atomic E-state index is 13.1. The van der Waals surface area contributed by atoms with Crippen molar-refractivity contribution < 1.29 is 19.5 Å². The first kappa shape index (κ1) is 23.0. The number of nitrogens with one attached hydrogen (secondary N) is 1. The predicted molar refractivity (Wildman–Crippen MR) is 130 cm³/mol. The minimum atomic E-state index is -0.859. The molecular weight excluding hydrogens is 466 g/mol. The monoisotopic (exact) mass is 489 g/mol. The van der Waals surface area contributed by atoms with Gasteiger partial charge in [0.05, 0.1) is 11.5 Å². The van der Waals surface area contributed by atoms with Gasteiger partial charge in [0.1, 0.15) is 5.78 Å². The van der Waals surface area contributed by atoms with E-state index in [2.05, 4.69) is 5.32 Å². The lowest BCUT2D eigenvalue weighted by Crippen LogP contribution is -2.32. The SMILES string of the molecule is O=C(Nc1ccc(Cl)cc1)c1c(CCCC(=O)C2CCCCC2C(=O)O)sc2cscc12. The van der Waals surface area contributed by atoms with Crippen LogP contribution in [0.3, 0.4) is 0 Å². The molecule has 2 atom stereocenters. The van der Waals surface area contributed by atoms with Gasteiger partial charge in [0.15, 0.2) is 0 Å². The fourth-order valence-corrected chi connectivity index (χ4v) is 6.80. The number of fused-ring (bicyclic) bond motifs is 1. The van der Waals surface area contributed by atoms with Crippen LogP contribution in [0.15, 0.2) is 35.0 Å². The molecule has 32 heavy (non-hydrogen) atoms. The molecule has 4 rings (SSSR count). The highest BCUT2D eigenvalue weighted by Gasteiger charge is 2.35. The minimum absolute atomic E-state index is 0.0436. The third kappa shape index (κ3) is 5.05. The first-order valence-electron chi connectivity index (χ1n) is 10.7. The van der Waals surface area contributed by atoms with Gasteiger partial charge in [0, 0.05) is 48.8 Å². The van der Waals surface area contributed by atoms with E-state index in [-0.39, 0.29) is 17.6 Å². The number of hydrogen-bond donors (Lipinski definition) is 2. The summed E-state index contributed by atoms with van der Waals surface area (Å²) in [5.74, 6) is -1.91. The first-order valence-corrected chi connectivity index (χ1v) is 12.9. The maximum atomic E-state index is 13.1. The van der Waals surface area contributed by atoms with Crippen LogP contribution in [0, 0.1) is 11.8 Å². The Bertz CT molecular complexity index is 1130. The number of aliphatic carboxylic acids is 1. The Labute approximate surface area is 199 Å². The number of benzene rings is 1. The van der Waals surface area contributed by atoms with Gasteiger partial charge < -0.3 is 10.4 Å². The molecular formula is C24H24ClNO4S2. The van der Waals surface area contributed by atoms with Crippen molar-refractivity contribution in [3.63, 3.8) is 0 Å². The number of amides is 1. The largest absolute Gasteiger partial charge is 0.481 e. The van der Waals surface area contributed by atoms with E-state index in [1.54, 1.807) is 46.9 Å². The van der Waals surface area contributed by atoms with Crippen molar-refractivity contribution in [2.45, 2.75) is 44.9 Å². The van der Waals surface area contributed by atoms with Crippen LogP contribution in [0.25, 0.3) is 10.1 Å². The number of carbonyl (C=O) groups is 3. The summed E-state index contributed by atoms with van der Waals surface area (Å²) >= 11 is 9.08. The molecule has 5 nitrogen and oxygen atoms in total. The van der Waals surface area contributed by atoms with Crippen LogP contribution in [0.1, 0.15) is 53.8 Å². The van der Waals surface area contributed by atoms with E-state index in [1.807, 2.05) is 10.8 Å². The van der Waals surface area contributed by atoms with E-state index in [0.717, 1.165) is 27.8 Å². The number of rotatable bonds is 8. The highest BCUT2D eigenvalue weighted by molar-refractivity contribution is 7.23. The molecule has 0 radical (unpaired) electrons. The number of ketones is 1. The Morgan fingerprint density at radius 1 is 1.06 bits per heavy atom. The number of halogens is 1. The van der Waals surface area contributed by atoms with E-state index < -0.39 is 11.9 Å². The number of Topliss-reactive ketones (excluding diaryl/α,β-unsaturated/α-hetero) is 1. The zero-order valence-corrected chi connectivity index (χ0v) is 19.8. The summed E-state index contributed by atoms with van der Waals surface area (Å²) in [6.07, 6.45) is 4.60. The third-order valence-electron chi connectivity index (χ3n) is 6.06. The average molecular weight is 490 g/mol. The van der Waals surface area contributed by atoms with Crippen molar-refractivity contribution in [3.05, 3.63) is 50.5 Å². The van der Waals surface area contributed by atoms with Crippen LogP contribution >= 0.6 is 34.3 Å². The summed E-state index contributed by atoms with van der Waals surface area (Å²) in [7, 11) is 0. The molecule has 1 aromatic carbocycles. The summed E-state index contributed by atoms with van der Waals surface area (Å²) in [4.78, 5) is 38.3. The molecule has 3 aromatic rings. The van der Waals surface area contributed by atoms with E-state index >= 15 is 0 Å². The fraction of sp³-hybridized carbons (Fsp3) is 0.375. The topological polar surface area (TPSA) is 83.5 Å². The summed E-state index contributed by atoms with van der Waals surface area (Å²) in [6, 6.07) is 6.98. The Hall–Kier alpha value is -2.22. The Kier molecular flexibility index (Phi) is 7.28. The second kappa shape index (κ2) is 10.1. The molecule has 1 saturated carbocycles. The molecule has 1 fully saturated rings. The zero-order chi connectivity index (χ0) is 22.7. The molecule has 0 saturated heterocycles. The summed E-state index contributed by atoms with van der Waals surface area (Å²) in [5, 5.41) is 18.0. The van der Waals surface area contributed by atoms with Gasteiger partial charge in [-0.1, -0.05) is 24.4 Å². The van der Waals surface area contributed by atoms with Crippen LogP contribution in [0.5, 0.6) is 0 Å². The highest BCUT2D eigenvalue weighted by Crippen LogP contribution is 2.36. The van der Waals surface area contributed by atoms with Gasteiger partial charge in [-0.2, -0.15) is 11.3 Å². The van der Waals surface area contributed by atoms with Gasteiger partial charge in [-0.05, 0) is 49.9 Å². The van der Waals surface area contributed by atoms with Crippen molar-refractivity contribution in [1.29, 1.82) is 0 Å². The van der Waals surface area contributed by atoms with Gasteiger partial charge in [-0.3, -0.25) is 14.4 Å². The van der Waals surface area contributed by atoms with Gasteiger partial charge in [0.2, 0.25) is 0 Å². The molecule has 1 aliphatic rings. The van der Waals surface area contributed by atoms with Crippen LogP contribution in [0.4, 0.5) is 5.69 Å². The quantitative estimate of drug-likeness (QED) is 0.371. The van der Waals surface area contributed by atoms with Crippen LogP contribution in [-0.2, 0) is 16.0 Å². The smallest absolute Gasteiger partial charge is 0.307 e. The average Bonchev–Trinajstić information content (AvgIpc) is 3.36. The lowest BCUT2D eigenvalue weighted by atomic mass is 9.76. The number of anilines is 1. The Morgan fingerprint density at radius 2 is 1.78 bits per heavy atom. The molecule has 2 aromatic heterocycles. The van der Waals surface area contributed by atoms with Crippen molar-refractivity contribution in [2.24, 2.45) is 11.8 Å². The fourth-order valence-electron chi connectivity index (χ4n) is 4.45. The molecule has 1 aliphatic carbocycles. The molecule has 0 aliphatic heterocycles. The number of carbonyl (C=O) groups excluding carboxylic acids is 2. The zero-order valence-electron chi connectivity index (χ0n) is 17.4. The van der Waals surface area contributed by atoms with E-state index in [9.17, 15) is 19.5 Å². The molecule has 8 heteroatoms. The number of thiophene rings is 2. The highest BCUT2D eigenvalue weighted by atomic mass is 35.5. The normalized spacial score (nSPS) is 18.5. The Balaban J connectivity index is 1.45. The lowest BCUT2D eigenvalue weighted by molar-refractivity contribution is -0.148. The second-order valence-electron chi connectivity index (χ2n) is 8.17. The van der Waals surface area contributed by atoms with Crippen molar-refractivity contribution in [3.8, 4) is 0 Å². The second-order valence-corrected chi connectivity index (χ2v) is 10.5. The molecule has 1 amide bonds. The van der Waals surface area contributed by atoms with Gasteiger partial charge in [-0.15, -0.1) is 11.3 Å². The third-order valence-corrected chi connectivity index (χ3v) is 8.42. The molecule has 0 spiro atoms. The maximum Gasteiger partial charge on any atom is 0.307 e. The van der Waals surface area contributed by atoms with Crippen LogP contribution in [0.2, 0.25) is 5.02 Å².